The molecule has 3 aromatic rings. The van der Waals surface area contributed by atoms with E-state index in [2.05, 4.69) is 15.5 Å². The molecule has 0 unspecified atom stereocenters. The molecule has 0 atom stereocenters. The first kappa shape index (κ1) is 17.9. The second kappa shape index (κ2) is 7.16. The monoisotopic (exact) mass is 380 g/mol. The Morgan fingerprint density at radius 2 is 1.85 bits per heavy atom. The van der Waals surface area contributed by atoms with Crippen LogP contribution in [0.2, 0.25) is 0 Å². The van der Waals surface area contributed by atoms with Crippen molar-refractivity contribution in [2.24, 2.45) is 0 Å². The SMILES string of the molecule is O=C(NCCc1nnc2ccccn12)c1ccc(S(=O)(=O)C(F)F)cc1. The minimum Gasteiger partial charge on any atom is -0.352 e. The van der Waals surface area contributed by atoms with E-state index < -0.39 is 26.4 Å². The van der Waals surface area contributed by atoms with E-state index >= 15 is 0 Å². The van der Waals surface area contributed by atoms with Gasteiger partial charge in [-0.1, -0.05) is 6.07 Å². The molecule has 0 saturated carbocycles. The van der Waals surface area contributed by atoms with Crippen molar-refractivity contribution in [3.8, 4) is 0 Å². The largest absolute Gasteiger partial charge is 0.352 e. The maximum Gasteiger partial charge on any atom is 0.341 e. The van der Waals surface area contributed by atoms with Crippen molar-refractivity contribution < 1.29 is 22.0 Å². The van der Waals surface area contributed by atoms with Crippen LogP contribution in [0.5, 0.6) is 0 Å². The predicted octanol–water partition coefficient (Wildman–Crippen LogP) is 1.70. The molecule has 1 amide bonds. The molecule has 2 aromatic heterocycles. The van der Waals surface area contributed by atoms with Crippen molar-refractivity contribution in [3.05, 3.63) is 60.0 Å². The first-order valence-electron chi connectivity index (χ1n) is 7.58. The number of hydrogen-bond acceptors (Lipinski definition) is 5. The van der Waals surface area contributed by atoms with Gasteiger partial charge in [0, 0.05) is 24.7 Å². The van der Waals surface area contributed by atoms with Crippen LogP contribution in [-0.4, -0.2) is 41.2 Å². The Hall–Kier alpha value is -2.88. The fraction of sp³-hybridized carbons (Fsp3) is 0.188. The summed E-state index contributed by atoms with van der Waals surface area (Å²) >= 11 is 0. The van der Waals surface area contributed by atoms with Crippen molar-refractivity contribution in [2.45, 2.75) is 17.1 Å². The number of halogens is 2. The van der Waals surface area contributed by atoms with Crippen LogP contribution in [0.3, 0.4) is 0 Å². The van der Waals surface area contributed by atoms with Crippen LogP contribution in [0, 0.1) is 0 Å². The number of carbonyl (C=O) groups is 1. The summed E-state index contributed by atoms with van der Waals surface area (Å²) in [5.74, 6) is -3.26. The van der Waals surface area contributed by atoms with E-state index in [-0.39, 0.29) is 12.1 Å². The van der Waals surface area contributed by atoms with Gasteiger partial charge in [-0.15, -0.1) is 10.2 Å². The van der Waals surface area contributed by atoms with E-state index in [9.17, 15) is 22.0 Å². The molecule has 1 N–H and O–H groups in total. The first-order valence-corrected chi connectivity index (χ1v) is 9.13. The lowest BCUT2D eigenvalue weighted by molar-refractivity contribution is 0.0954. The van der Waals surface area contributed by atoms with Gasteiger partial charge in [-0.25, -0.2) is 8.42 Å². The highest BCUT2D eigenvalue weighted by Gasteiger charge is 2.26. The van der Waals surface area contributed by atoms with Gasteiger partial charge >= 0.3 is 5.76 Å². The summed E-state index contributed by atoms with van der Waals surface area (Å²) in [5, 5.41) is 10.7. The Morgan fingerprint density at radius 3 is 2.54 bits per heavy atom. The van der Waals surface area contributed by atoms with Crippen molar-refractivity contribution in [2.75, 3.05) is 6.54 Å². The average Bonchev–Trinajstić information content (AvgIpc) is 3.05. The van der Waals surface area contributed by atoms with Crippen LogP contribution in [0.1, 0.15) is 16.2 Å². The van der Waals surface area contributed by atoms with Crippen molar-refractivity contribution in [1.82, 2.24) is 19.9 Å². The Morgan fingerprint density at radius 1 is 1.12 bits per heavy atom. The molecule has 3 rings (SSSR count). The lowest BCUT2D eigenvalue weighted by Crippen LogP contribution is -2.26. The molecule has 136 valence electrons. The van der Waals surface area contributed by atoms with Crippen LogP contribution in [0.15, 0.2) is 53.6 Å². The minimum atomic E-state index is -4.67. The Kier molecular flexibility index (Phi) is 4.94. The quantitative estimate of drug-likeness (QED) is 0.703. The van der Waals surface area contributed by atoms with E-state index in [1.807, 2.05) is 24.4 Å². The number of nitrogens with zero attached hydrogens (tertiary/aromatic N) is 3. The van der Waals surface area contributed by atoms with E-state index in [1.54, 1.807) is 4.40 Å². The number of alkyl halides is 2. The molecular weight excluding hydrogens is 366 g/mol. The van der Waals surface area contributed by atoms with Gasteiger partial charge in [0.2, 0.25) is 9.84 Å². The van der Waals surface area contributed by atoms with Crippen LogP contribution in [0.4, 0.5) is 8.78 Å². The van der Waals surface area contributed by atoms with Gasteiger partial charge in [0.15, 0.2) is 5.65 Å². The maximum atomic E-state index is 12.5. The lowest BCUT2D eigenvalue weighted by atomic mass is 10.2. The molecule has 0 radical (unpaired) electrons. The van der Waals surface area contributed by atoms with Gasteiger partial charge < -0.3 is 5.32 Å². The number of carbonyl (C=O) groups excluding carboxylic acids is 1. The zero-order valence-corrected chi connectivity index (χ0v) is 14.2. The standard InChI is InChI=1S/C16H14F2N4O3S/c17-16(18)26(24,25)12-6-4-11(5-7-12)15(23)19-9-8-14-21-20-13-3-1-2-10-22(13)14/h1-7,10,16H,8-9H2,(H,19,23). The molecule has 0 bridgehead atoms. The zero-order valence-electron chi connectivity index (χ0n) is 13.3. The highest BCUT2D eigenvalue weighted by atomic mass is 32.2. The van der Waals surface area contributed by atoms with Crippen molar-refractivity contribution in [3.63, 3.8) is 0 Å². The number of aromatic nitrogens is 3. The van der Waals surface area contributed by atoms with E-state index in [1.165, 1.54) is 12.1 Å². The topological polar surface area (TPSA) is 93.4 Å². The summed E-state index contributed by atoms with van der Waals surface area (Å²) in [6.07, 6.45) is 2.25. The van der Waals surface area contributed by atoms with Gasteiger partial charge in [-0.05, 0) is 36.4 Å². The third-order valence-electron chi connectivity index (χ3n) is 3.70. The number of fused-ring (bicyclic) bond motifs is 1. The van der Waals surface area contributed by atoms with Gasteiger partial charge in [0.25, 0.3) is 5.91 Å². The minimum absolute atomic E-state index is 0.171. The number of amides is 1. The molecule has 0 saturated heterocycles. The average molecular weight is 380 g/mol. The molecule has 0 spiro atoms. The van der Waals surface area contributed by atoms with Crippen LogP contribution in [-0.2, 0) is 16.3 Å². The van der Waals surface area contributed by atoms with E-state index in [0.29, 0.717) is 17.9 Å². The molecule has 7 nitrogen and oxygen atoms in total. The van der Waals surface area contributed by atoms with Gasteiger partial charge in [-0.3, -0.25) is 9.20 Å². The maximum absolute atomic E-state index is 12.5. The number of benzene rings is 1. The smallest absolute Gasteiger partial charge is 0.341 e. The molecule has 0 aliphatic carbocycles. The number of hydrogen-bond donors (Lipinski definition) is 1. The van der Waals surface area contributed by atoms with Crippen LogP contribution < -0.4 is 5.32 Å². The van der Waals surface area contributed by atoms with Gasteiger partial charge in [-0.2, -0.15) is 8.78 Å². The number of rotatable bonds is 6. The summed E-state index contributed by atoms with van der Waals surface area (Å²) in [7, 11) is -4.67. The summed E-state index contributed by atoms with van der Waals surface area (Å²) in [5.41, 5.74) is 0.869. The zero-order chi connectivity index (χ0) is 18.7. The fourth-order valence-corrected chi connectivity index (χ4v) is 3.07. The summed E-state index contributed by atoms with van der Waals surface area (Å²) in [6.45, 7) is 0.283. The molecular formula is C16H14F2N4O3S. The fourth-order valence-electron chi connectivity index (χ4n) is 2.35. The van der Waals surface area contributed by atoms with Crippen molar-refractivity contribution in [1.29, 1.82) is 0 Å². The molecule has 10 heteroatoms. The normalized spacial score (nSPS) is 11.8. The predicted molar refractivity (Wildman–Crippen MR) is 88.7 cm³/mol. The highest BCUT2D eigenvalue weighted by Crippen LogP contribution is 2.18. The summed E-state index contributed by atoms with van der Waals surface area (Å²) in [4.78, 5) is 11.6. The Labute approximate surface area is 147 Å². The third-order valence-corrected chi connectivity index (χ3v) is 5.10. The second-order valence-corrected chi connectivity index (χ2v) is 7.30. The molecule has 0 aliphatic heterocycles. The molecule has 0 aliphatic rings. The van der Waals surface area contributed by atoms with Crippen molar-refractivity contribution >= 4 is 21.4 Å². The summed E-state index contributed by atoms with van der Waals surface area (Å²) in [6, 6.07) is 9.85. The molecule has 0 fully saturated rings. The van der Waals surface area contributed by atoms with E-state index in [4.69, 9.17) is 0 Å². The van der Waals surface area contributed by atoms with E-state index in [0.717, 1.165) is 12.1 Å². The van der Waals surface area contributed by atoms with Gasteiger partial charge in [0.1, 0.15) is 5.82 Å². The van der Waals surface area contributed by atoms with Crippen LogP contribution >= 0.6 is 0 Å². The second-order valence-electron chi connectivity index (χ2n) is 5.38. The van der Waals surface area contributed by atoms with Crippen LogP contribution in [0.25, 0.3) is 5.65 Å². The Balaban J connectivity index is 1.62. The summed E-state index contributed by atoms with van der Waals surface area (Å²) < 4.78 is 49.5. The molecule has 2 heterocycles. The Bertz CT molecular complexity index is 1030. The highest BCUT2D eigenvalue weighted by molar-refractivity contribution is 7.91. The third kappa shape index (κ3) is 3.54. The number of pyridine rings is 1. The van der Waals surface area contributed by atoms with Gasteiger partial charge in [0.05, 0.1) is 4.90 Å². The molecule has 1 aromatic carbocycles. The lowest BCUT2D eigenvalue weighted by Gasteiger charge is -2.06. The first-order chi connectivity index (χ1) is 12.4. The number of sulfone groups is 1. The molecule has 26 heavy (non-hydrogen) atoms. The number of nitrogens with one attached hydrogen (secondary N) is 1.